The molecule has 1 heterocycles. The lowest BCUT2D eigenvalue weighted by Gasteiger charge is -2.26. The number of anilines is 1. The van der Waals surface area contributed by atoms with Crippen LogP contribution in [0.15, 0.2) is 0 Å². The first kappa shape index (κ1) is 14.9. The zero-order valence-electron chi connectivity index (χ0n) is 10.8. The normalized spacial score (nSPS) is 11.4. The number of aromatic nitrogens is 2. The summed E-state index contributed by atoms with van der Waals surface area (Å²) in [6.07, 6.45) is 1.84. The molecule has 0 aliphatic rings. The summed E-state index contributed by atoms with van der Waals surface area (Å²) < 4.78 is 0. The number of aldehydes is 1. The molecule has 1 rings (SSSR count). The lowest BCUT2D eigenvalue weighted by Crippen LogP contribution is -2.35. The standard InChI is InChI=1S/C12H18ClN3O2/c1-4-12(18,5-2)7-14-11-9(6-17)10(13)15-8(3)16-11/h6,18H,4-5,7H2,1-3H3,(H,14,15,16). The maximum absolute atomic E-state index is 11.0. The summed E-state index contributed by atoms with van der Waals surface area (Å²) in [7, 11) is 0. The van der Waals surface area contributed by atoms with Crippen LogP contribution < -0.4 is 5.32 Å². The predicted octanol–water partition coefficient (Wildman–Crippen LogP) is 2.21. The molecule has 18 heavy (non-hydrogen) atoms. The van der Waals surface area contributed by atoms with Crippen LogP contribution in [-0.2, 0) is 0 Å². The van der Waals surface area contributed by atoms with E-state index >= 15 is 0 Å². The van der Waals surface area contributed by atoms with E-state index in [1.807, 2.05) is 13.8 Å². The van der Waals surface area contributed by atoms with E-state index in [2.05, 4.69) is 15.3 Å². The van der Waals surface area contributed by atoms with E-state index in [1.54, 1.807) is 6.92 Å². The number of rotatable bonds is 6. The lowest BCUT2D eigenvalue weighted by atomic mass is 9.97. The first-order valence-electron chi connectivity index (χ1n) is 5.91. The Morgan fingerprint density at radius 2 is 2.00 bits per heavy atom. The van der Waals surface area contributed by atoms with E-state index in [0.29, 0.717) is 37.3 Å². The monoisotopic (exact) mass is 271 g/mol. The van der Waals surface area contributed by atoms with Gasteiger partial charge in [-0.1, -0.05) is 25.4 Å². The van der Waals surface area contributed by atoms with Crippen molar-refractivity contribution >= 4 is 23.7 Å². The maximum atomic E-state index is 11.0. The van der Waals surface area contributed by atoms with Crippen LogP contribution >= 0.6 is 11.6 Å². The van der Waals surface area contributed by atoms with Crippen molar-refractivity contribution in [2.24, 2.45) is 0 Å². The Balaban J connectivity index is 2.94. The number of halogens is 1. The van der Waals surface area contributed by atoms with Gasteiger partial charge in [-0.25, -0.2) is 9.97 Å². The molecule has 0 saturated carbocycles. The van der Waals surface area contributed by atoms with Crippen LogP contribution in [0.2, 0.25) is 5.15 Å². The highest BCUT2D eigenvalue weighted by atomic mass is 35.5. The number of hydrogen-bond acceptors (Lipinski definition) is 5. The van der Waals surface area contributed by atoms with Crippen LogP contribution in [-0.4, -0.2) is 33.5 Å². The molecule has 1 aromatic rings. The summed E-state index contributed by atoms with van der Waals surface area (Å²) in [4.78, 5) is 19.0. The zero-order chi connectivity index (χ0) is 13.8. The van der Waals surface area contributed by atoms with Gasteiger partial charge >= 0.3 is 0 Å². The number of aliphatic hydroxyl groups is 1. The van der Waals surface area contributed by atoms with Crippen molar-refractivity contribution in [1.29, 1.82) is 0 Å². The molecule has 0 aliphatic heterocycles. The molecule has 0 bridgehead atoms. The Morgan fingerprint density at radius 1 is 1.39 bits per heavy atom. The molecule has 0 aromatic carbocycles. The van der Waals surface area contributed by atoms with E-state index in [0.717, 1.165) is 0 Å². The third-order valence-electron chi connectivity index (χ3n) is 3.03. The van der Waals surface area contributed by atoms with Crippen LogP contribution in [0.4, 0.5) is 5.82 Å². The first-order valence-corrected chi connectivity index (χ1v) is 6.29. The second kappa shape index (κ2) is 6.11. The van der Waals surface area contributed by atoms with Gasteiger partial charge in [0.15, 0.2) is 6.29 Å². The number of carbonyl (C=O) groups is 1. The van der Waals surface area contributed by atoms with Gasteiger partial charge in [0.2, 0.25) is 0 Å². The molecule has 0 unspecified atom stereocenters. The lowest BCUT2D eigenvalue weighted by molar-refractivity contribution is 0.0456. The third-order valence-corrected chi connectivity index (χ3v) is 3.32. The topological polar surface area (TPSA) is 75.1 Å². The van der Waals surface area contributed by atoms with Gasteiger partial charge in [0, 0.05) is 6.54 Å². The minimum atomic E-state index is -0.814. The Labute approximate surface area is 112 Å². The number of carbonyl (C=O) groups excluding carboxylic acids is 1. The summed E-state index contributed by atoms with van der Waals surface area (Å²) in [5.41, 5.74) is -0.595. The molecule has 6 heteroatoms. The molecule has 2 N–H and O–H groups in total. The van der Waals surface area contributed by atoms with Crippen molar-refractivity contribution in [1.82, 2.24) is 9.97 Å². The average Bonchev–Trinajstić information content (AvgIpc) is 2.35. The number of nitrogens with one attached hydrogen (secondary N) is 1. The SMILES string of the molecule is CCC(O)(CC)CNc1nc(C)nc(Cl)c1C=O. The predicted molar refractivity (Wildman–Crippen MR) is 71.2 cm³/mol. The Hall–Kier alpha value is -1.20. The summed E-state index contributed by atoms with van der Waals surface area (Å²) in [6.45, 7) is 5.82. The molecule has 0 atom stereocenters. The van der Waals surface area contributed by atoms with E-state index in [-0.39, 0.29) is 10.7 Å². The Bertz CT molecular complexity index is 434. The molecule has 0 amide bonds. The average molecular weight is 272 g/mol. The van der Waals surface area contributed by atoms with E-state index in [1.165, 1.54) is 0 Å². The minimum Gasteiger partial charge on any atom is -0.388 e. The first-order chi connectivity index (χ1) is 8.45. The van der Waals surface area contributed by atoms with Crippen LogP contribution in [0.25, 0.3) is 0 Å². The third kappa shape index (κ3) is 3.40. The summed E-state index contributed by atoms with van der Waals surface area (Å²) in [6, 6.07) is 0. The van der Waals surface area contributed by atoms with Crippen molar-refractivity contribution in [3.8, 4) is 0 Å². The molecule has 0 saturated heterocycles. The van der Waals surface area contributed by atoms with Crippen molar-refractivity contribution in [2.75, 3.05) is 11.9 Å². The van der Waals surface area contributed by atoms with Gasteiger partial charge in [-0.2, -0.15) is 0 Å². The quantitative estimate of drug-likeness (QED) is 0.613. The second-order valence-corrected chi connectivity index (χ2v) is 4.58. The molecular weight excluding hydrogens is 254 g/mol. The molecule has 0 radical (unpaired) electrons. The molecule has 100 valence electrons. The Kier molecular flexibility index (Phi) is 5.04. The fourth-order valence-corrected chi connectivity index (χ4v) is 1.79. The van der Waals surface area contributed by atoms with E-state index < -0.39 is 5.60 Å². The molecule has 5 nitrogen and oxygen atoms in total. The van der Waals surface area contributed by atoms with Gasteiger partial charge < -0.3 is 10.4 Å². The van der Waals surface area contributed by atoms with Crippen molar-refractivity contribution in [3.05, 3.63) is 16.5 Å². The molecule has 0 fully saturated rings. The fourth-order valence-electron chi connectivity index (χ4n) is 1.53. The van der Waals surface area contributed by atoms with Crippen molar-refractivity contribution in [2.45, 2.75) is 39.2 Å². The van der Waals surface area contributed by atoms with Crippen LogP contribution in [0, 0.1) is 6.92 Å². The number of hydrogen-bond donors (Lipinski definition) is 2. The van der Waals surface area contributed by atoms with Gasteiger partial charge in [0.05, 0.1) is 11.2 Å². The molecule has 0 spiro atoms. The summed E-state index contributed by atoms with van der Waals surface area (Å²) in [5, 5.41) is 13.3. The van der Waals surface area contributed by atoms with Crippen LogP contribution in [0.3, 0.4) is 0 Å². The highest BCUT2D eigenvalue weighted by Crippen LogP contribution is 2.21. The van der Waals surface area contributed by atoms with Gasteiger partial charge in [0.1, 0.15) is 16.8 Å². The molecule has 0 aliphatic carbocycles. The van der Waals surface area contributed by atoms with Gasteiger partial charge in [0.25, 0.3) is 0 Å². The summed E-state index contributed by atoms with van der Waals surface area (Å²) >= 11 is 5.87. The summed E-state index contributed by atoms with van der Waals surface area (Å²) in [5.74, 6) is 0.840. The maximum Gasteiger partial charge on any atom is 0.156 e. The number of aryl methyl sites for hydroxylation is 1. The zero-order valence-corrected chi connectivity index (χ0v) is 11.6. The Morgan fingerprint density at radius 3 is 2.50 bits per heavy atom. The highest BCUT2D eigenvalue weighted by Gasteiger charge is 2.23. The smallest absolute Gasteiger partial charge is 0.156 e. The minimum absolute atomic E-state index is 0.122. The van der Waals surface area contributed by atoms with E-state index in [9.17, 15) is 9.90 Å². The van der Waals surface area contributed by atoms with E-state index in [4.69, 9.17) is 11.6 Å². The largest absolute Gasteiger partial charge is 0.388 e. The highest BCUT2D eigenvalue weighted by molar-refractivity contribution is 6.32. The van der Waals surface area contributed by atoms with Gasteiger partial charge in [-0.15, -0.1) is 0 Å². The second-order valence-electron chi connectivity index (χ2n) is 4.23. The molecular formula is C12H18ClN3O2. The van der Waals surface area contributed by atoms with Crippen LogP contribution in [0.1, 0.15) is 42.9 Å². The van der Waals surface area contributed by atoms with Gasteiger partial charge in [-0.3, -0.25) is 4.79 Å². The molecule has 1 aromatic heterocycles. The van der Waals surface area contributed by atoms with Crippen molar-refractivity contribution < 1.29 is 9.90 Å². The van der Waals surface area contributed by atoms with Gasteiger partial charge in [-0.05, 0) is 19.8 Å². The van der Waals surface area contributed by atoms with Crippen LogP contribution in [0.5, 0.6) is 0 Å². The van der Waals surface area contributed by atoms with Crippen molar-refractivity contribution in [3.63, 3.8) is 0 Å². The fraction of sp³-hybridized carbons (Fsp3) is 0.583. The number of nitrogens with zero attached hydrogens (tertiary/aromatic N) is 2.